The highest BCUT2D eigenvalue weighted by atomic mass is 15.4. The molecule has 5 rings (SSSR count). The predicted octanol–water partition coefficient (Wildman–Crippen LogP) is 4.04. The fourth-order valence-corrected chi connectivity index (χ4v) is 5.09. The van der Waals surface area contributed by atoms with Crippen LogP contribution in [0.1, 0.15) is 48.9 Å². The van der Waals surface area contributed by atoms with Crippen molar-refractivity contribution in [3.63, 3.8) is 0 Å². The Morgan fingerprint density at radius 3 is 2.70 bits per heavy atom. The highest BCUT2D eigenvalue weighted by molar-refractivity contribution is 5.56. The Hall–Kier alpha value is -2.43. The van der Waals surface area contributed by atoms with Crippen molar-refractivity contribution in [3.8, 4) is 0 Å². The summed E-state index contributed by atoms with van der Waals surface area (Å²) in [6.45, 7) is 4.37. The van der Waals surface area contributed by atoms with Gasteiger partial charge in [-0.25, -0.2) is 4.98 Å². The van der Waals surface area contributed by atoms with Crippen LogP contribution in [0.15, 0.2) is 36.7 Å². The second-order valence-corrected chi connectivity index (χ2v) is 8.17. The standard InChI is InChI=1S/C22H27N5/c1-16-20(13-17-7-3-2-4-8-17)21(27-22(25-16)23-15-24-27)26-12-11-18-9-5-6-10-19(18)14-26/h2-4,7-8,15,18-19H,5-6,9-14H2,1H3/t18-,19-/m1/s1. The molecule has 3 aromatic rings. The molecule has 0 spiro atoms. The average molecular weight is 361 g/mol. The molecule has 140 valence electrons. The third-order valence-corrected chi connectivity index (χ3v) is 6.52. The van der Waals surface area contributed by atoms with Gasteiger partial charge in [0.1, 0.15) is 12.1 Å². The van der Waals surface area contributed by atoms with E-state index in [1.807, 2.05) is 4.52 Å². The van der Waals surface area contributed by atoms with Crippen molar-refractivity contribution in [2.24, 2.45) is 11.8 Å². The summed E-state index contributed by atoms with van der Waals surface area (Å²) in [6.07, 6.45) is 9.42. The zero-order valence-electron chi connectivity index (χ0n) is 16.0. The summed E-state index contributed by atoms with van der Waals surface area (Å²) in [5, 5.41) is 4.54. The molecule has 0 amide bonds. The number of hydrogen-bond donors (Lipinski definition) is 0. The van der Waals surface area contributed by atoms with Gasteiger partial charge in [-0.05, 0) is 37.2 Å². The van der Waals surface area contributed by atoms with Gasteiger partial charge in [-0.15, -0.1) is 0 Å². The summed E-state index contributed by atoms with van der Waals surface area (Å²) >= 11 is 0. The maximum absolute atomic E-state index is 4.73. The molecular weight excluding hydrogens is 334 g/mol. The van der Waals surface area contributed by atoms with Crippen LogP contribution >= 0.6 is 0 Å². The van der Waals surface area contributed by atoms with Crippen LogP contribution < -0.4 is 4.90 Å². The van der Waals surface area contributed by atoms with Crippen molar-refractivity contribution in [2.45, 2.75) is 45.4 Å². The molecule has 2 aliphatic rings. The zero-order chi connectivity index (χ0) is 18.2. The first-order valence-corrected chi connectivity index (χ1v) is 10.3. The molecule has 0 bridgehead atoms. The molecule has 5 nitrogen and oxygen atoms in total. The van der Waals surface area contributed by atoms with Crippen LogP contribution in [-0.4, -0.2) is 32.7 Å². The Kier molecular flexibility index (Phi) is 4.30. The molecule has 1 aliphatic carbocycles. The SMILES string of the molecule is Cc1nc2ncnn2c(N2CC[C@H]3CCCC[C@@H]3C2)c1Cc1ccccc1. The van der Waals surface area contributed by atoms with Crippen LogP contribution in [0.25, 0.3) is 5.78 Å². The lowest BCUT2D eigenvalue weighted by atomic mass is 9.75. The van der Waals surface area contributed by atoms with Crippen LogP contribution in [0.4, 0.5) is 5.82 Å². The van der Waals surface area contributed by atoms with Crippen molar-refractivity contribution in [3.05, 3.63) is 53.5 Å². The Morgan fingerprint density at radius 2 is 1.85 bits per heavy atom. The minimum atomic E-state index is 0.713. The lowest BCUT2D eigenvalue weighted by Gasteiger charge is -2.42. The quantitative estimate of drug-likeness (QED) is 0.706. The summed E-state index contributed by atoms with van der Waals surface area (Å²) in [5.41, 5.74) is 3.67. The van der Waals surface area contributed by atoms with Gasteiger partial charge < -0.3 is 4.90 Å². The number of aryl methyl sites for hydroxylation is 1. The number of piperidine rings is 1. The summed E-state index contributed by atoms with van der Waals surface area (Å²) in [5.74, 6) is 3.67. The third-order valence-electron chi connectivity index (χ3n) is 6.52. The van der Waals surface area contributed by atoms with Gasteiger partial charge in [0.2, 0.25) is 0 Å². The van der Waals surface area contributed by atoms with Crippen LogP contribution in [0.3, 0.4) is 0 Å². The molecule has 0 radical (unpaired) electrons. The van der Waals surface area contributed by atoms with E-state index in [1.54, 1.807) is 6.33 Å². The molecular formula is C22H27N5. The van der Waals surface area contributed by atoms with Crippen molar-refractivity contribution in [1.82, 2.24) is 19.6 Å². The molecule has 3 heterocycles. The average Bonchev–Trinajstić information content (AvgIpc) is 3.17. The van der Waals surface area contributed by atoms with Crippen molar-refractivity contribution >= 4 is 11.6 Å². The number of anilines is 1. The number of hydrogen-bond acceptors (Lipinski definition) is 4. The Morgan fingerprint density at radius 1 is 1.04 bits per heavy atom. The maximum atomic E-state index is 4.73. The molecule has 1 aromatic carbocycles. The maximum Gasteiger partial charge on any atom is 0.254 e. The highest BCUT2D eigenvalue weighted by Gasteiger charge is 2.33. The number of benzene rings is 1. The van der Waals surface area contributed by atoms with Crippen molar-refractivity contribution < 1.29 is 0 Å². The van der Waals surface area contributed by atoms with Crippen molar-refractivity contribution in [2.75, 3.05) is 18.0 Å². The van der Waals surface area contributed by atoms with E-state index in [4.69, 9.17) is 4.98 Å². The van der Waals surface area contributed by atoms with E-state index in [9.17, 15) is 0 Å². The van der Waals surface area contributed by atoms with Gasteiger partial charge in [0.15, 0.2) is 0 Å². The van der Waals surface area contributed by atoms with Gasteiger partial charge in [0.05, 0.1) is 0 Å². The molecule has 2 fully saturated rings. The fraction of sp³-hybridized carbons (Fsp3) is 0.500. The highest BCUT2D eigenvalue weighted by Crippen LogP contribution is 2.38. The van der Waals surface area contributed by atoms with Crippen LogP contribution in [0.5, 0.6) is 0 Å². The van der Waals surface area contributed by atoms with E-state index in [-0.39, 0.29) is 0 Å². The van der Waals surface area contributed by atoms with Crippen LogP contribution in [0, 0.1) is 18.8 Å². The van der Waals surface area contributed by atoms with Gasteiger partial charge in [0.25, 0.3) is 5.78 Å². The summed E-state index contributed by atoms with van der Waals surface area (Å²) in [6, 6.07) is 10.7. The number of nitrogens with zero attached hydrogens (tertiary/aromatic N) is 5. The van der Waals surface area contributed by atoms with Crippen molar-refractivity contribution in [1.29, 1.82) is 0 Å². The Bertz CT molecular complexity index is 933. The molecule has 0 N–H and O–H groups in total. The van der Waals surface area contributed by atoms with Gasteiger partial charge >= 0.3 is 0 Å². The van der Waals surface area contributed by atoms with E-state index in [1.165, 1.54) is 49.0 Å². The minimum absolute atomic E-state index is 0.713. The molecule has 2 atom stereocenters. The van der Waals surface area contributed by atoms with E-state index in [0.29, 0.717) is 5.78 Å². The van der Waals surface area contributed by atoms with Gasteiger partial charge in [0, 0.05) is 30.8 Å². The molecule has 1 saturated carbocycles. The molecule has 27 heavy (non-hydrogen) atoms. The fourth-order valence-electron chi connectivity index (χ4n) is 5.09. The van der Waals surface area contributed by atoms with Gasteiger partial charge in [-0.2, -0.15) is 14.6 Å². The Labute approximate surface area is 160 Å². The monoisotopic (exact) mass is 361 g/mol. The first-order valence-electron chi connectivity index (χ1n) is 10.3. The van der Waals surface area contributed by atoms with E-state index < -0.39 is 0 Å². The predicted molar refractivity (Wildman–Crippen MR) is 107 cm³/mol. The molecule has 1 saturated heterocycles. The summed E-state index contributed by atoms with van der Waals surface area (Å²) in [7, 11) is 0. The third kappa shape index (κ3) is 3.09. The lowest BCUT2D eigenvalue weighted by molar-refractivity contribution is 0.201. The molecule has 5 heteroatoms. The first kappa shape index (κ1) is 16.7. The van der Waals surface area contributed by atoms with Gasteiger partial charge in [-0.3, -0.25) is 0 Å². The zero-order valence-corrected chi connectivity index (χ0v) is 16.0. The smallest absolute Gasteiger partial charge is 0.254 e. The molecule has 0 unspecified atom stereocenters. The molecule has 1 aliphatic heterocycles. The number of aromatic nitrogens is 4. The largest absolute Gasteiger partial charge is 0.356 e. The van der Waals surface area contributed by atoms with E-state index >= 15 is 0 Å². The lowest BCUT2D eigenvalue weighted by Crippen LogP contribution is -2.43. The minimum Gasteiger partial charge on any atom is -0.356 e. The topological polar surface area (TPSA) is 46.3 Å². The van der Waals surface area contributed by atoms with E-state index in [0.717, 1.165) is 37.0 Å². The normalized spacial score (nSPS) is 22.8. The van der Waals surface area contributed by atoms with Crippen LogP contribution in [0.2, 0.25) is 0 Å². The Balaban J connectivity index is 1.57. The second-order valence-electron chi connectivity index (χ2n) is 8.17. The van der Waals surface area contributed by atoms with Gasteiger partial charge in [-0.1, -0.05) is 49.6 Å². The summed E-state index contributed by atoms with van der Waals surface area (Å²) < 4.78 is 1.97. The second kappa shape index (κ2) is 6.95. The first-order chi connectivity index (χ1) is 13.3. The van der Waals surface area contributed by atoms with Crippen LogP contribution in [-0.2, 0) is 6.42 Å². The number of rotatable bonds is 3. The summed E-state index contributed by atoms with van der Waals surface area (Å²) in [4.78, 5) is 11.7. The molecule has 2 aromatic heterocycles. The number of fused-ring (bicyclic) bond motifs is 2. The van der Waals surface area contributed by atoms with E-state index in [2.05, 4.69) is 52.2 Å².